The van der Waals surface area contributed by atoms with Gasteiger partial charge in [0.05, 0.1) is 0 Å². The Morgan fingerprint density at radius 1 is 1.21 bits per heavy atom. The van der Waals surface area contributed by atoms with Gasteiger partial charge in [0.2, 0.25) is 5.12 Å². The summed E-state index contributed by atoms with van der Waals surface area (Å²) in [4.78, 5) is 11.5. The second-order valence-corrected chi connectivity index (χ2v) is 6.17. The molecule has 1 aromatic carbocycles. The van der Waals surface area contributed by atoms with Gasteiger partial charge in [-0.15, -0.1) is 0 Å². The standard InChI is InChI=1S/C10H10F3NO3S2/c11-10(12,13)19(16,17)14-6-7-18-9(15)8-4-2-1-3-5-8/h1-5,14H,6-7H2. The zero-order valence-electron chi connectivity index (χ0n) is 9.48. The van der Waals surface area contributed by atoms with Crippen LogP contribution >= 0.6 is 11.8 Å². The van der Waals surface area contributed by atoms with Crippen molar-refractivity contribution in [3.05, 3.63) is 35.9 Å². The van der Waals surface area contributed by atoms with Crippen LogP contribution in [0, 0.1) is 0 Å². The molecular formula is C10H10F3NO3S2. The Morgan fingerprint density at radius 2 is 1.79 bits per heavy atom. The monoisotopic (exact) mass is 313 g/mol. The van der Waals surface area contributed by atoms with E-state index in [9.17, 15) is 26.4 Å². The normalized spacial score (nSPS) is 12.4. The highest BCUT2D eigenvalue weighted by Gasteiger charge is 2.45. The van der Waals surface area contributed by atoms with E-state index in [0.717, 1.165) is 11.8 Å². The Balaban J connectivity index is 2.39. The van der Waals surface area contributed by atoms with Gasteiger partial charge in [-0.1, -0.05) is 42.1 Å². The van der Waals surface area contributed by atoms with Gasteiger partial charge in [0.1, 0.15) is 0 Å². The maximum atomic E-state index is 12.0. The largest absolute Gasteiger partial charge is 0.511 e. The van der Waals surface area contributed by atoms with Gasteiger partial charge >= 0.3 is 15.5 Å². The number of rotatable bonds is 5. The summed E-state index contributed by atoms with van der Waals surface area (Å²) in [6.45, 7) is -0.467. The summed E-state index contributed by atoms with van der Waals surface area (Å²) in [7, 11) is -5.33. The lowest BCUT2D eigenvalue weighted by Gasteiger charge is -2.08. The lowest BCUT2D eigenvalue weighted by atomic mass is 10.2. The van der Waals surface area contributed by atoms with Gasteiger partial charge in [0, 0.05) is 17.9 Å². The van der Waals surface area contributed by atoms with Crippen LogP contribution in [0.2, 0.25) is 0 Å². The minimum atomic E-state index is -5.33. The molecule has 0 aliphatic carbocycles. The molecule has 4 nitrogen and oxygen atoms in total. The minimum Gasteiger partial charge on any atom is -0.282 e. The molecule has 1 aromatic rings. The lowest BCUT2D eigenvalue weighted by Crippen LogP contribution is -2.37. The van der Waals surface area contributed by atoms with Crippen molar-refractivity contribution in [2.24, 2.45) is 0 Å². The van der Waals surface area contributed by atoms with E-state index in [1.807, 2.05) is 0 Å². The van der Waals surface area contributed by atoms with Crippen molar-refractivity contribution in [1.29, 1.82) is 0 Å². The Bertz CT molecular complexity index is 529. The molecule has 0 aliphatic rings. The van der Waals surface area contributed by atoms with Crippen molar-refractivity contribution in [2.75, 3.05) is 12.3 Å². The zero-order valence-corrected chi connectivity index (χ0v) is 11.1. The van der Waals surface area contributed by atoms with E-state index in [-0.39, 0.29) is 10.9 Å². The average molecular weight is 313 g/mol. The predicted molar refractivity (Wildman–Crippen MR) is 66.2 cm³/mol. The summed E-state index contributed by atoms with van der Waals surface area (Å²) in [5, 5.41) is -0.327. The number of thioether (sulfide) groups is 1. The second-order valence-electron chi connectivity index (χ2n) is 3.35. The van der Waals surface area contributed by atoms with Crippen LogP contribution in [-0.4, -0.2) is 31.3 Å². The van der Waals surface area contributed by atoms with Crippen LogP contribution < -0.4 is 4.72 Å². The molecule has 0 aliphatic heterocycles. The summed E-state index contributed by atoms with van der Waals surface area (Å²) in [5.41, 5.74) is -4.92. The molecular weight excluding hydrogens is 303 g/mol. The van der Waals surface area contributed by atoms with Crippen molar-refractivity contribution >= 4 is 26.9 Å². The molecule has 0 fully saturated rings. The van der Waals surface area contributed by atoms with Gasteiger partial charge in [0.15, 0.2) is 0 Å². The Morgan fingerprint density at radius 3 is 2.32 bits per heavy atom. The molecule has 0 amide bonds. The first-order valence-corrected chi connectivity index (χ1v) is 7.49. The maximum absolute atomic E-state index is 12.0. The zero-order chi connectivity index (χ0) is 14.5. The molecule has 0 atom stereocenters. The molecule has 0 spiro atoms. The Kier molecular flexibility index (Phi) is 5.39. The minimum absolute atomic E-state index is 0.0803. The summed E-state index contributed by atoms with van der Waals surface area (Å²) in [6.07, 6.45) is 0. The summed E-state index contributed by atoms with van der Waals surface area (Å²) < 4.78 is 58.5. The smallest absolute Gasteiger partial charge is 0.282 e. The highest BCUT2D eigenvalue weighted by atomic mass is 32.2. The van der Waals surface area contributed by atoms with Crippen LogP contribution in [0.1, 0.15) is 10.4 Å². The quantitative estimate of drug-likeness (QED) is 0.845. The molecule has 0 saturated heterocycles. The molecule has 106 valence electrons. The van der Waals surface area contributed by atoms with Crippen molar-refractivity contribution in [3.63, 3.8) is 0 Å². The van der Waals surface area contributed by atoms with Gasteiger partial charge in [0.25, 0.3) is 0 Å². The van der Waals surface area contributed by atoms with E-state index in [0.29, 0.717) is 5.56 Å². The lowest BCUT2D eigenvalue weighted by molar-refractivity contribution is -0.0447. The molecule has 1 rings (SSSR count). The summed E-state index contributed by atoms with van der Waals surface area (Å²) in [6, 6.07) is 8.16. The molecule has 0 heterocycles. The Hall–Kier alpha value is -1.06. The third kappa shape index (κ3) is 4.84. The maximum Gasteiger partial charge on any atom is 0.511 e. The molecule has 0 unspecified atom stereocenters. The SMILES string of the molecule is O=C(SCCNS(=O)(=O)C(F)(F)F)c1ccccc1. The van der Waals surface area contributed by atoms with Crippen LogP contribution in [0.4, 0.5) is 13.2 Å². The predicted octanol–water partition coefficient (Wildman–Crippen LogP) is 2.00. The molecule has 0 aromatic heterocycles. The molecule has 9 heteroatoms. The number of carbonyl (C=O) groups excluding carboxylic acids is 1. The first-order chi connectivity index (χ1) is 8.74. The van der Waals surface area contributed by atoms with E-state index >= 15 is 0 Å². The molecule has 19 heavy (non-hydrogen) atoms. The summed E-state index contributed by atoms with van der Waals surface area (Å²) >= 11 is 0.748. The first kappa shape index (κ1) is 16.0. The third-order valence-electron chi connectivity index (χ3n) is 1.94. The fraction of sp³-hybridized carbons (Fsp3) is 0.300. The van der Waals surface area contributed by atoms with Gasteiger partial charge < -0.3 is 0 Å². The average Bonchev–Trinajstić information content (AvgIpc) is 2.34. The van der Waals surface area contributed by atoms with Crippen molar-refractivity contribution in [2.45, 2.75) is 5.51 Å². The van der Waals surface area contributed by atoms with Crippen LogP contribution in [-0.2, 0) is 10.0 Å². The number of hydrogen-bond donors (Lipinski definition) is 1. The van der Waals surface area contributed by atoms with E-state index in [4.69, 9.17) is 0 Å². The number of halogens is 3. The second kappa shape index (κ2) is 6.40. The van der Waals surface area contributed by atoms with Gasteiger partial charge in [-0.2, -0.15) is 13.2 Å². The van der Waals surface area contributed by atoms with Crippen molar-refractivity contribution in [1.82, 2.24) is 4.72 Å². The number of benzene rings is 1. The number of carbonyl (C=O) groups is 1. The fourth-order valence-electron chi connectivity index (χ4n) is 1.06. The van der Waals surface area contributed by atoms with Crippen molar-refractivity contribution in [3.8, 4) is 0 Å². The van der Waals surface area contributed by atoms with Gasteiger partial charge in [-0.3, -0.25) is 4.79 Å². The fourth-order valence-corrected chi connectivity index (χ4v) is 2.42. The van der Waals surface area contributed by atoms with Crippen LogP contribution in [0.25, 0.3) is 0 Å². The number of alkyl halides is 3. The molecule has 0 radical (unpaired) electrons. The van der Waals surface area contributed by atoms with E-state index in [1.165, 1.54) is 4.72 Å². The highest BCUT2D eigenvalue weighted by molar-refractivity contribution is 8.14. The Labute approximate surface area is 112 Å². The van der Waals surface area contributed by atoms with E-state index in [2.05, 4.69) is 0 Å². The highest BCUT2D eigenvalue weighted by Crippen LogP contribution is 2.21. The number of hydrogen-bond acceptors (Lipinski definition) is 4. The van der Waals surface area contributed by atoms with Gasteiger partial charge in [-0.05, 0) is 0 Å². The van der Waals surface area contributed by atoms with E-state index < -0.39 is 22.1 Å². The van der Waals surface area contributed by atoms with Crippen LogP contribution in [0.5, 0.6) is 0 Å². The third-order valence-corrected chi connectivity index (χ3v) is 4.04. The van der Waals surface area contributed by atoms with Gasteiger partial charge in [-0.25, -0.2) is 13.1 Å². The van der Waals surface area contributed by atoms with E-state index in [1.54, 1.807) is 30.3 Å². The van der Waals surface area contributed by atoms with Crippen LogP contribution in [0.15, 0.2) is 30.3 Å². The molecule has 1 N–H and O–H groups in total. The first-order valence-electron chi connectivity index (χ1n) is 5.02. The van der Waals surface area contributed by atoms with Crippen molar-refractivity contribution < 1.29 is 26.4 Å². The van der Waals surface area contributed by atoms with Crippen LogP contribution in [0.3, 0.4) is 0 Å². The number of sulfonamides is 1. The molecule has 0 saturated carbocycles. The summed E-state index contributed by atoms with van der Waals surface area (Å²) in [5.74, 6) is -0.0803. The molecule has 0 bridgehead atoms. The topological polar surface area (TPSA) is 63.2 Å². The number of nitrogens with one attached hydrogen (secondary N) is 1.